The van der Waals surface area contributed by atoms with Crippen LogP contribution < -0.4 is 4.74 Å². The highest BCUT2D eigenvalue weighted by molar-refractivity contribution is 5.75. The molecule has 22 heavy (non-hydrogen) atoms. The molecule has 0 bridgehead atoms. The maximum Gasteiger partial charge on any atom is 0.138 e. The van der Waals surface area contributed by atoms with E-state index in [1.54, 1.807) is 19.3 Å². The fourth-order valence-corrected chi connectivity index (χ4v) is 3.06. The molecule has 2 aromatic rings. The second-order valence-electron chi connectivity index (χ2n) is 6.02. The number of rotatable bonds is 5. The molecule has 0 saturated heterocycles. The summed E-state index contributed by atoms with van der Waals surface area (Å²) < 4.78 is 6.01. The molecule has 2 aromatic heterocycles. The molecule has 5 nitrogen and oxygen atoms in total. The maximum absolute atomic E-state index is 11.2. The van der Waals surface area contributed by atoms with Gasteiger partial charge in [0.15, 0.2) is 0 Å². The number of aromatic amines is 1. The van der Waals surface area contributed by atoms with Crippen LogP contribution in [0.1, 0.15) is 39.0 Å². The van der Waals surface area contributed by atoms with Gasteiger partial charge in [0.2, 0.25) is 0 Å². The van der Waals surface area contributed by atoms with Crippen LogP contribution in [0.15, 0.2) is 30.6 Å². The minimum Gasteiger partial charge on any atom is -0.489 e. The van der Waals surface area contributed by atoms with Gasteiger partial charge in [-0.2, -0.15) is 5.10 Å². The molecule has 1 fully saturated rings. The molecule has 1 saturated carbocycles. The van der Waals surface area contributed by atoms with Gasteiger partial charge in [0.05, 0.1) is 23.7 Å². The Morgan fingerprint density at radius 2 is 2.09 bits per heavy atom. The molecule has 1 N–H and O–H groups in total. The van der Waals surface area contributed by atoms with E-state index in [0.29, 0.717) is 18.1 Å². The van der Waals surface area contributed by atoms with Crippen LogP contribution in [0.3, 0.4) is 0 Å². The van der Waals surface area contributed by atoms with Gasteiger partial charge in [0, 0.05) is 12.6 Å². The summed E-state index contributed by atoms with van der Waals surface area (Å²) in [4.78, 5) is 15.6. The number of H-pyrrole nitrogens is 1. The van der Waals surface area contributed by atoms with Crippen molar-refractivity contribution in [3.63, 3.8) is 0 Å². The lowest BCUT2D eigenvalue weighted by atomic mass is 9.84. The summed E-state index contributed by atoms with van der Waals surface area (Å²) in [7, 11) is 0. The fourth-order valence-electron chi connectivity index (χ4n) is 3.06. The average molecular weight is 299 g/mol. The topological polar surface area (TPSA) is 67.9 Å². The Morgan fingerprint density at radius 1 is 1.27 bits per heavy atom. The standard InChI is InChI=1S/C17H21N3O2/c1-12(21)10-13-2-4-14(5-3-13)22-15-6-7-16(18-11-15)17-8-9-19-20-17/h6-9,11,13-14H,2-5,10H2,1H3,(H,19,20). The Bertz CT molecular complexity index is 599. The average Bonchev–Trinajstić information content (AvgIpc) is 3.04. The second kappa shape index (κ2) is 6.73. The van der Waals surface area contributed by atoms with Crippen molar-refractivity contribution in [2.24, 2.45) is 5.92 Å². The van der Waals surface area contributed by atoms with Gasteiger partial charge in [0.1, 0.15) is 11.5 Å². The normalized spacial score (nSPS) is 21.5. The Labute approximate surface area is 130 Å². The van der Waals surface area contributed by atoms with E-state index in [2.05, 4.69) is 15.2 Å². The molecule has 2 heterocycles. The molecule has 0 spiro atoms. The van der Waals surface area contributed by atoms with Crippen molar-refractivity contribution in [2.45, 2.75) is 45.1 Å². The molecule has 3 rings (SSSR count). The van der Waals surface area contributed by atoms with Crippen LogP contribution in [0.2, 0.25) is 0 Å². The quantitative estimate of drug-likeness (QED) is 0.919. The minimum atomic E-state index is 0.239. The predicted octanol–water partition coefficient (Wildman–Crippen LogP) is 3.39. The van der Waals surface area contributed by atoms with Gasteiger partial charge in [-0.15, -0.1) is 0 Å². The molecule has 0 aromatic carbocycles. The summed E-state index contributed by atoms with van der Waals surface area (Å²) in [5.74, 6) is 1.64. The number of pyridine rings is 1. The third kappa shape index (κ3) is 3.72. The number of nitrogens with zero attached hydrogens (tertiary/aromatic N) is 2. The van der Waals surface area contributed by atoms with Crippen LogP contribution in [0, 0.1) is 5.92 Å². The number of nitrogens with one attached hydrogen (secondary N) is 1. The lowest BCUT2D eigenvalue weighted by molar-refractivity contribution is -0.118. The summed E-state index contributed by atoms with van der Waals surface area (Å²) >= 11 is 0. The number of aromatic nitrogens is 3. The van der Waals surface area contributed by atoms with Crippen LogP contribution in [-0.4, -0.2) is 27.1 Å². The van der Waals surface area contributed by atoms with Crippen LogP contribution >= 0.6 is 0 Å². The number of hydrogen-bond acceptors (Lipinski definition) is 4. The number of ketones is 1. The molecule has 5 heteroatoms. The largest absolute Gasteiger partial charge is 0.489 e. The molecule has 0 amide bonds. The molecule has 0 radical (unpaired) electrons. The van der Waals surface area contributed by atoms with Crippen LogP contribution in [0.25, 0.3) is 11.4 Å². The minimum absolute atomic E-state index is 0.239. The Kier molecular flexibility index (Phi) is 4.51. The molecule has 116 valence electrons. The first kappa shape index (κ1) is 14.8. The summed E-state index contributed by atoms with van der Waals surface area (Å²) in [5.41, 5.74) is 1.76. The van der Waals surface area contributed by atoms with Gasteiger partial charge < -0.3 is 9.53 Å². The molecule has 1 aliphatic rings. The van der Waals surface area contributed by atoms with Crippen LogP contribution in [0.5, 0.6) is 5.75 Å². The second-order valence-corrected chi connectivity index (χ2v) is 6.02. The number of hydrogen-bond donors (Lipinski definition) is 1. The van der Waals surface area contributed by atoms with E-state index in [-0.39, 0.29) is 6.10 Å². The molecule has 0 unspecified atom stereocenters. The van der Waals surface area contributed by atoms with Crippen molar-refractivity contribution >= 4 is 5.78 Å². The van der Waals surface area contributed by atoms with E-state index < -0.39 is 0 Å². The van der Waals surface area contributed by atoms with Crippen molar-refractivity contribution in [3.05, 3.63) is 30.6 Å². The lowest BCUT2D eigenvalue weighted by Gasteiger charge is -2.28. The van der Waals surface area contributed by atoms with Crippen molar-refractivity contribution in [2.75, 3.05) is 0 Å². The number of Topliss-reactive ketones (excluding diaryl/α,β-unsaturated/α-hetero) is 1. The van der Waals surface area contributed by atoms with Crippen molar-refractivity contribution in [1.82, 2.24) is 15.2 Å². The molecular formula is C17H21N3O2. The SMILES string of the molecule is CC(=O)CC1CCC(Oc2ccc(-c3ccn[nH]3)nc2)CC1. The zero-order chi connectivity index (χ0) is 15.4. The van der Waals surface area contributed by atoms with Crippen molar-refractivity contribution < 1.29 is 9.53 Å². The summed E-state index contributed by atoms with van der Waals surface area (Å²) in [6.45, 7) is 1.68. The van der Waals surface area contributed by atoms with E-state index in [0.717, 1.165) is 42.8 Å². The number of carbonyl (C=O) groups excluding carboxylic acids is 1. The number of ether oxygens (including phenoxy) is 1. The first-order valence-corrected chi connectivity index (χ1v) is 7.82. The molecular weight excluding hydrogens is 278 g/mol. The molecule has 1 aliphatic carbocycles. The smallest absolute Gasteiger partial charge is 0.138 e. The van der Waals surface area contributed by atoms with E-state index in [1.165, 1.54) is 0 Å². The first-order chi connectivity index (χ1) is 10.7. The van der Waals surface area contributed by atoms with E-state index in [9.17, 15) is 4.79 Å². The van der Waals surface area contributed by atoms with Gasteiger partial charge >= 0.3 is 0 Å². The van der Waals surface area contributed by atoms with E-state index in [1.807, 2.05) is 18.2 Å². The Balaban J connectivity index is 1.53. The lowest BCUT2D eigenvalue weighted by Crippen LogP contribution is -2.25. The van der Waals surface area contributed by atoms with Gasteiger partial charge in [-0.05, 0) is 56.7 Å². The molecule has 0 aliphatic heterocycles. The zero-order valence-electron chi connectivity index (χ0n) is 12.8. The Hall–Kier alpha value is -2.17. The van der Waals surface area contributed by atoms with Gasteiger partial charge in [0.25, 0.3) is 0 Å². The predicted molar refractivity (Wildman–Crippen MR) is 83.5 cm³/mol. The van der Waals surface area contributed by atoms with E-state index in [4.69, 9.17) is 4.74 Å². The Morgan fingerprint density at radius 3 is 2.68 bits per heavy atom. The maximum atomic E-state index is 11.2. The van der Waals surface area contributed by atoms with Gasteiger partial charge in [-0.25, -0.2) is 0 Å². The van der Waals surface area contributed by atoms with Crippen LogP contribution in [-0.2, 0) is 4.79 Å². The zero-order valence-corrected chi connectivity index (χ0v) is 12.8. The monoisotopic (exact) mass is 299 g/mol. The summed E-state index contributed by atoms with van der Waals surface area (Å²) in [5, 5.41) is 6.82. The third-order valence-corrected chi connectivity index (χ3v) is 4.19. The number of carbonyl (C=O) groups is 1. The first-order valence-electron chi connectivity index (χ1n) is 7.82. The van der Waals surface area contributed by atoms with Gasteiger partial charge in [-0.3, -0.25) is 10.1 Å². The van der Waals surface area contributed by atoms with Crippen molar-refractivity contribution in [1.29, 1.82) is 0 Å². The summed E-state index contributed by atoms with van der Waals surface area (Å²) in [6.07, 6.45) is 8.60. The highest BCUT2D eigenvalue weighted by Gasteiger charge is 2.23. The highest BCUT2D eigenvalue weighted by atomic mass is 16.5. The third-order valence-electron chi connectivity index (χ3n) is 4.19. The van der Waals surface area contributed by atoms with Crippen LogP contribution in [0.4, 0.5) is 0 Å². The van der Waals surface area contributed by atoms with Gasteiger partial charge in [-0.1, -0.05) is 0 Å². The molecule has 0 atom stereocenters. The van der Waals surface area contributed by atoms with Crippen molar-refractivity contribution in [3.8, 4) is 17.1 Å². The van der Waals surface area contributed by atoms with E-state index >= 15 is 0 Å². The fraction of sp³-hybridized carbons (Fsp3) is 0.471. The highest BCUT2D eigenvalue weighted by Crippen LogP contribution is 2.30. The summed E-state index contributed by atoms with van der Waals surface area (Å²) in [6, 6.07) is 5.77.